The maximum absolute atomic E-state index is 11.4. The highest BCUT2D eigenvalue weighted by molar-refractivity contribution is 6.60. The Morgan fingerprint density at radius 1 is 1.00 bits per heavy atom. The summed E-state index contributed by atoms with van der Waals surface area (Å²) in [6.45, 7) is 10.4. The van der Waals surface area contributed by atoms with Gasteiger partial charge in [-0.05, 0) is 47.5 Å². The Kier molecular flexibility index (Phi) is 9.74. The topological polar surface area (TPSA) is 65.0 Å². The highest BCUT2D eigenvalue weighted by Crippen LogP contribution is 2.22. The van der Waals surface area contributed by atoms with Crippen LogP contribution in [0.5, 0.6) is 0 Å². The summed E-state index contributed by atoms with van der Waals surface area (Å²) in [5, 5.41) is 9.50. The fourth-order valence-corrected chi connectivity index (χ4v) is 4.71. The molecule has 0 aliphatic rings. The Morgan fingerprint density at radius 3 is 1.75 bits per heavy atom. The van der Waals surface area contributed by atoms with Gasteiger partial charge in [-0.15, -0.1) is 0 Å². The Bertz CT molecular complexity index is 307. The van der Waals surface area contributed by atoms with Crippen LogP contribution in [0.3, 0.4) is 0 Å². The summed E-state index contributed by atoms with van der Waals surface area (Å²) >= 11 is 0. The first-order valence-electron chi connectivity index (χ1n) is 7.23. The van der Waals surface area contributed by atoms with Crippen LogP contribution >= 0.6 is 0 Å². The van der Waals surface area contributed by atoms with Crippen LogP contribution in [0, 0.1) is 0 Å². The first-order valence-corrected chi connectivity index (χ1v) is 9.17. The number of hydrogen-bond acceptors (Lipinski definition) is 5. The highest BCUT2D eigenvalue weighted by Gasteiger charge is 2.39. The zero-order chi connectivity index (χ0) is 15.6. The van der Waals surface area contributed by atoms with E-state index < -0.39 is 8.80 Å². The molecule has 0 radical (unpaired) electrons. The molecule has 0 amide bonds. The van der Waals surface area contributed by atoms with Gasteiger partial charge in [-0.2, -0.15) is 0 Å². The van der Waals surface area contributed by atoms with Crippen molar-refractivity contribution in [1.82, 2.24) is 0 Å². The average Bonchev–Trinajstić information content (AvgIpc) is 2.34. The highest BCUT2D eigenvalue weighted by atomic mass is 28.4. The number of ketones is 1. The lowest BCUT2D eigenvalue weighted by atomic mass is 10.1. The lowest BCUT2D eigenvalue weighted by molar-refractivity contribution is -0.113. The van der Waals surface area contributed by atoms with Gasteiger partial charge in [0.1, 0.15) is 0 Å². The second-order valence-corrected chi connectivity index (χ2v) is 7.19. The van der Waals surface area contributed by atoms with Crippen LogP contribution in [-0.4, -0.2) is 39.5 Å². The Morgan fingerprint density at radius 2 is 1.45 bits per heavy atom. The van der Waals surface area contributed by atoms with E-state index in [1.807, 2.05) is 20.8 Å². The molecule has 0 aliphatic heterocycles. The molecule has 0 aromatic heterocycles. The minimum absolute atomic E-state index is 0.0917. The summed E-state index contributed by atoms with van der Waals surface area (Å²) in [6.07, 6.45) is 1.21. The van der Waals surface area contributed by atoms with Crippen LogP contribution in [0.25, 0.3) is 0 Å². The first kappa shape index (κ1) is 19.3. The molecule has 118 valence electrons. The van der Waals surface area contributed by atoms with Crippen molar-refractivity contribution in [3.8, 4) is 0 Å². The van der Waals surface area contributed by atoms with Crippen molar-refractivity contribution in [3.05, 3.63) is 11.3 Å². The minimum Gasteiger partial charge on any atom is -0.512 e. The van der Waals surface area contributed by atoms with E-state index in [-0.39, 0.29) is 11.5 Å². The second kappa shape index (κ2) is 10.1. The Labute approximate surface area is 123 Å². The minimum atomic E-state index is -2.65. The smallest absolute Gasteiger partial charge is 0.500 e. The molecule has 0 saturated carbocycles. The van der Waals surface area contributed by atoms with E-state index in [2.05, 4.69) is 0 Å². The number of aliphatic hydroxyl groups is 1. The molecule has 0 rings (SSSR count). The first-order chi connectivity index (χ1) is 9.42. The van der Waals surface area contributed by atoms with Gasteiger partial charge in [0.05, 0.1) is 5.76 Å². The molecular formula is C14H28O5Si. The number of carbonyl (C=O) groups is 1. The van der Waals surface area contributed by atoms with E-state index in [0.717, 1.165) is 0 Å². The van der Waals surface area contributed by atoms with Crippen molar-refractivity contribution < 1.29 is 23.2 Å². The van der Waals surface area contributed by atoms with Gasteiger partial charge in [0.15, 0.2) is 5.78 Å². The lowest BCUT2D eigenvalue weighted by Crippen LogP contribution is -2.45. The summed E-state index contributed by atoms with van der Waals surface area (Å²) in [5.74, 6) is -0.00417. The number of rotatable bonds is 11. The zero-order valence-corrected chi connectivity index (χ0v) is 14.3. The summed E-state index contributed by atoms with van der Waals surface area (Å²) in [6, 6.07) is 0.645. The van der Waals surface area contributed by atoms with Crippen molar-refractivity contribution in [2.24, 2.45) is 0 Å². The van der Waals surface area contributed by atoms with Crippen molar-refractivity contribution in [1.29, 1.82) is 0 Å². The van der Waals surface area contributed by atoms with E-state index in [9.17, 15) is 9.90 Å². The van der Waals surface area contributed by atoms with Crippen molar-refractivity contribution in [2.75, 3.05) is 19.8 Å². The molecule has 0 heterocycles. The fourth-order valence-electron chi connectivity index (χ4n) is 2.09. The van der Waals surface area contributed by atoms with Crippen molar-refractivity contribution in [3.63, 3.8) is 0 Å². The number of Topliss-reactive ketones (excluding diaryl/α,β-unsaturated/α-hetero) is 1. The molecule has 0 bridgehead atoms. The molecule has 0 aromatic rings. The number of allylic oxidation sites excluding steroid dienone is 2. The molecule has 0 aliphatic carbocycles. The molecule has 0 spiro atoms. The van der Waals surface area contributed by atoms with Crippen LogP contribution in [0.4, 0.5) is 0 Å². The third kappa shape index (κ3) is 6.65. The van der Waals surface area contributed by atoms with Gasteiger partial charge in [0, 0.05) is 31.4 Å². The van der Waals surface area contributed by atoms with Gasteiger partial charge in [-0.3, -0.25) is 4.79 Å². The predicted octanol–water partition coefficient (Wildman–Crippen LogP) is 3.24. The van der Waals surface area contributed by atoms with E-state index >= 15 is 0 Å². The van der Waals surface area contributed by atoms with Crippen LogP contribution in [0.15, 0.2) is 11.3 Å². The van der Waals surface area contributed by atoms with Gasteiger partial charge in [-0.1, -0.05) is 0 Å². The molecule has 0 atom stereocenters. The Balaban J connectivity index is 4.67. The molecule has 0 aromatic carbocycles. The molecule has 0 unspecified atom stereocenters. The SMILES string of the molecule is CCO[Si](CCC/C(C(C)=O)=C(\C)O)(OCC)OCC. The van der Waals surface area contributed by atoms with E-state index in [0.29, 0.717) is 44.3 Å². The van der Waals surface area contributed by atoms with Crippen LogP contribution in [0.1, 0.15) is 47.5 Å². The maximum Gasteiger partial charge on any atom is 0.500 e. The molecule has 20 heavy (non-hydrogen) atoms. The van der Waals surface area contributed by atoms with Gasteiger partial charge in [0.25, 0.3) is 0 Å². The van der Waals surface area contributed by atoms with Crippen molar-refractivity contribution in [2.45, 2.75) is 53.5 Å². The summed E-state index contributed by atoms with van der Waals surface area (Å²) < 4.78 is 17.2. The Hall–Kier alpha value is -0.693. The fraction of sp³-hybridized carbons (Fsp3) is 0.786. The summed E-state index contributed by atoms with van der Waals surface area (Å²) in [5.41, 5.74) is 0.470. The predicted molar refractivity (Wildman–Crippen MR) is 80.7 cm³/mol. The summed E-state index contributed by atoms with van der Waals surface area (Å²) in [4.78, 5) is 11.4. The standard InChI is InChI=1S/C14H28O5Si/c1-6-17-20(18-7-2,19-8-3)11-9-10-14(12(4)15)13(5)16/h15H,6-11H2,1-5H3/b14-12-. The molecule has 5 nitrogen and oxygen atoms in total. The van der Waals surface area contributed by atoms with Gasteiger partial charge < -0.3 is 18.4 Å². The normalized spacial score (nSPS) is 13.2. The third-order valence-electron chi connectivity index (χ3n) is 2.86. The second-order valence-electron chi connectivity index (χ2n) is 4.46. The lowest BCUT2D eigenvalue weighted by Gasteiger charge is -2.28. The maximum atomic E-state index is 11.4. The number of aliphatic hydroxyl groups excluding tert-OH is 1. The number of hydrogen-bond donors (Lipinski definition) is 1. The molecule has 6 heteroatoms. The molecular weight excluding hydrogens is 276 g/mol. The van der Waals surface area contributed by atoms with Crippen LogP contribution in [-0.2, 0) is 18.1 Å². The molecule has 1 N–H and O–H groups in total. The monoisotopic (exact) mass is 304 g/mol. The third-order valence-corrected chi connectivity index (χ3v) is 6.02. The van der Waals surface area contributed by atoms with Crippen molar-refractivity contribution >= 4 is 14.6 Å². The quantitative estimate of drug-likeness (QED) is 0.361. The van der Waals surface area contributed by atoms with Gasteiger partial charge >= 0.3 is 8.80 Å². The van der Waals surface area contributed by atoms with Gasteiger partial charge in [-0.25, -0.2) is 0 Å². The summed E-state index contributed by atoms with van der Waals surface area (Å²) in [7, 11) is -2.65. The zero-order valence-electron chi connectivity index (χ0n) is 13.3. The van der Waals surface area contributed by atoms with Gasteiger partial charge in [0.2, 0.25) is 0 Å². The average molecular weight is 304 g/mol. The van der Waals surface area contributed by atoms with E-state index in [1.54, 1.807) is 0 Å². The molecule has 0 fully saturated rings. The largest absolute Gasteiger partial charge is 0.512 e. The van der Waals surface area contributed by atoms with E-state index in [1.165, 1.54) is 13.8 Å². The van der Waals surface area contributed by atoms with Crippen LogP contribution < -0.4 is 0 Å². The molecule has 0 saturated heterocycles. The van der Waals surface area contributed by atoms with E-state index in [4.69, 9.17) is 13.3 Å². The van der Waals surface area contributed by atoms with Crippen LogP contribution in [0.2, 0.25) is 6.04 Å². The number of carbonyl (C=O) groups excluding carboxylic acids is 1.